The molecule has 5 nitrogen and oxygen atoms in total. The Balaban J connectivity index is 2.17. The highest BCUT2D eigenvalue weighted by Crippen LogP contribution is 2.17. The van der Waals surface area contributed by atoms with Gasteiger partial charge in [0, 0.05) is 37.9 Å². The highest BCUT2D eigenvalue weighted by Gasteiger charge is 2.32. The number of aromatic nitrogens is 1. The van der Waals surface area contributed by atoms with E-state index in [-0.39, 0.29) is 11.9 Å². The van der Waals surface area contributed by atoms with Crippen LogP contribution in [0.5, 0.6) is 0 Å². The summed E-state index contributed by atoms with van der Waals surface area (Å²) in [6, 6.07) is 1.63. The maximum atomic E-state index is 12.3. The van der Waals surface area contributed by atoms with Crippen molar-refractivity contribution in [1.29, 1.82) is 0 Å². The number of aliphatic hydroxyl groups is 1. The second-order valence-corrected chi connectivity index (χ2v) is 5.28. The predicted molar refractivity (Wildman–Crippen MR) is 67.9 cm³/mol. The lowest BCUT2D eigenvalue weighted by molar-refractivity contribution is 0.0572. The van der Waals surface area contributed by atoms with Gasteiger partial charge in [-0.05, 0) is 22.0 Å². The quantitative estimate of drug-likeness (QED) is 0.820. The summed E-state index contributed by atoms with van der Waals surface area (Å²) in [6.45, 7) is 1.17. The van der Waals surface area contributed by atoms with Gasteiger partial charge in [0.1, 0.15) is 5.69 Å². The molecule has 17 heavy (non-hydrogen) atoms. The van der Waals surface area contributed by atoms with Gasteiger partial charge in [-0.25, -0.2) is 0 Å². The zero-order valence-corrected chi connectivity index (χ0v) is 11.4. The summed E-state index contributed by atoms with van der Waals surface area (Å²) in [5.41, 5.74) is 0.610. The van der Waals surface area contributed by atoms with Gasteiger partial charge in [-0.15, -0.1) is 0 Å². The number of aryl methyl sites for hydroxylation is 1. The van der Waals surface area contributed by atoms with E-state index in [0.29, 0.717) is 18.8 Å². The highest BCUT2D eigenvalue weighted by molar-refractivity contribution is 9.10. The van der Waals surface area contributed by atoms with Crippen LogP contribution in [0.3, 0.4) is 0 Å². The molecule has 0 unspecified atom stereocenters. The smallest absolute Gasteiger partial charge is 0.270 e. The first-order valence-electron chi connectivity index (χ1n) is 5.48. The van der Waals surface area contributed by atoms with Crippen molar-refractivity contribution in [3.8, 4) is 0 Å². The van der Waals surface area contributed by atoms with E-state index in [0.717, 1.165) is 4.47 Å². The van der Waals surface area contributed by atoms with Gasteiger partial charge in [-0.1, -0.05) is 0 Å². The van der Waals surface area contributed by atoms with Crippen LogP contribution < -0.4 is 5.32 Å². The van der Waals surface area contributed by atoms with Crippen molar-refractivity contribution < 1.29 is 9.90 Å². The number of rotatable bonds is 2. The van der Waals surface area contributed by atoms with E-state index in [1.54, 1.807) is 22.6 Å². The Bertz CT molecular complexity index is 432. The van der Waals surface area contributed by atoms with Crippen LogP contribution in [0.4, 0.5) is 0 Å². The van der Waals surface area contributed by atoms with E-state index < -0.39 is 6.10 Å². The van der Waals surface area contributed by atoms with Gasteiger partial charge >= 0.3 is 0 Å². The molecule has 0 aromatic carbocycles. The largest absolute Gasteiger partial charge is 0.390 e. The fraction of sp³-hybridized carbons (Fsp3) is 0.545. The second-order valence-electron chi connectivity index (χ2n) is 4.36. The number of nitrogens with one attached hydrogen (secondary N) is 1. The van der Waals surface area contributed by atoms with Crippen LogP contribution in [-0.2, 0) is 7.05 Å². The molecular formula is C11H16BrN3O2. The molecule has 1 aromatic rings. The molecule has 1 aliphatic heterocycles. The number of halogens is 1. The first kappa shape index (κ1) is 12.6. The molecule has 0 bridgehead atoms. The fourth-order valence-corrected chi connectivity index (χ4v) is 2.64. The Morgan fingerprint density at radius 3 is 2.82 bits per heavy atom. The van der Waals surface area contributed by atoms with Crippen molar-refractivity contribution in [2.75, 3.05) is 20.1 Å². The molecule has 0 radical (unpaired) electrons. The first-order valence-corrected chi connectivity index (χ1v) is 6.28. The molecule has 0 saturated carbocycles. The zero-order chi connectivity index (χ0) is 12.6. The van der Waals surface area contributed by atoms with Gasteiger partial charge in [-0.2, -0.15) is 0 Å². The Kier molecular flexibility index (Phi) is 3.56. The van der Waals surface area contributed by atoms with Crippen LogP contribution in [0, 0.1) is 0 Å². The van der Waals surface area contributed by atoms with Crippen LogP contribution in [0.25, 0.3) is 0 Å². The molecule has 1 saturated heterocycles. The van der Waals surface area contributed by atoms with Crippen molar-refractivity contribution in [3.63, 3.8) is 0 Å². The van der Waals surface area contributed by atoms with Gasteiger partial charge in [-0.3, -0.25) is 4.79 Å². The fourth-order valence-electron chi connectivity index (χ4n) is 2.11. The number of hydrogen-bond acceptors (Lipinski definition) is 3. The van der Waals surface area contributed by atoms with Gasteiger partial charge in [0.25, 0.3) is 5.91 Å². The molecule has 2 rings (SSSR count). The number of aliphatic hydroxyl groups excluding tert-OH is 1. The number of carbonyl (C=O) groups excluding carboxylic acids is 1. The lowest BCUT2D eigenvalue weighted by Crippen LogP contribution is -2.44. The third-order valence-corrected chi connectivity index (χ3v) is 3.59. The molecule has 1 aromatic heterocycles. The lowest BCUT2D eigenvalue weighted by atomic mass is 10.2. The first-order chi connectivity index (χ1) is 8.00. The third kappa shape index (κ3) is 2.38. The monoisotopic (exact) mass is 301 g/mol. The molecule has 2 heterocycles. The number of amides is 1. The molecule has 2 N–H and O–H groups in total. The Morgan fingerprint density at radius 2 is 2.35 bits per heavy atom. The average Bonchev–Trinajstić information content (AvgIpc) is 2.82. The van der Waals surface area contributed by atoms with Gasteiger partial charge < -0.3 is 19.9 Å². The number of hydrogen-bond donors (Lipinski definition) is 2. The van der Waals surface area contributed by atoms with E-state index in [1.165, 1.54) is 0 Å². The van der Waals surface area contributed by atoms with E-state index in [2.05, 4.69) is 21.2 Å². The van der Waals surface area contributed by atoms with E-state index in [9.17, 15) is 9.90 Å². The summed E-state index contributed by atoms with van der Waals surface area (Å²) < 4.78 is 2.65. The standard InChI is InChI=1S/C11H16BrN3O2/c1-14-6-7(12)3-8(14)11(17)15(2)9-4-13-5-10(9)16/h3,6,9-10,13,16H,4-5H2,1-2H3/t9-,10-/m1/s1. The van der Waals surface area contributed by atoms with E-state index >= 15 is 0 Å². The van der Waals surface area contributed by atoms with E-state index in [4.69, 9.17) is 0 Å². The van der Waals surface area contributed by atoms with Crippen molar-refractivity contribution in [1.82, 2.24) is 14.8 Å². The Hall–Kier alpha value is -0.850. The van der Waals surface area contributed by atoms with Crippen LogP contribution in [0.2, 0.25) is 0 Å². The summed E-state index contributed by atoms with van der Waals surface area (Å²) >= 11 is 3.34. The zero-order valence-electron chi connectivity index (χ0n) is 9.85. The van der Waals surface area contributed by atoms with Gasteiger partial charge in [0.05, 0.1) is 12.1 Å². The normalized spacial score (nSPS) is 24.0. The maximum Gasteiger partial charge on any atom is 0.270 e. The number of carbonyl (C=O) groups is 1. The number of likely N-dealkylation sites (N-methyl/N-ethyl adjacent to an activating group) is 1. The molecular weight excluding hydrogens is 286 g/mol. The number of β-amino-alcohol motifs (C(OH)–C–C–N with tert-alkyl or cyclic N) is 1. The van der Waals surface area contributed by atoms with E-state index in [1.807, 2.05) is 13.2 Å². The van der Waals surface area contributed by atoms with Crippen LogP contribution in [-0.4, -0.2) is 52.8 Å². The molecule has 1 aliphatic rings. The highest BCUT2D eigenvalue weighted by atomic mass is 79.9. The summed E-state index contributed by atoms with van der Waals surface area (Å²) in [7, 11) is 3.55. The minimum absolute atomic E-state index is 0.0778. The lowest BCUT2D eigenvalue weighted by Gasteiger charge is -2.26. The van der Waals surface area contributed by atoms with Crippen molar-refractivity contribution in [3.05, 3.63) is 22.4 Å². The van der Waals surface area contributed by atoms with Crippen LogP contribution >= 0.6 is 15.9 Å². The summed E-state index contributed by atoms with van der Waals surface area (Å²) in [4.78, 5) is 13.9. The van der Waals surface area contributed by atoms with Gasteiger partial charge in [0.2, 0.25) is 0 Å². The second kappa shape index (κ2) is 4.80. The third-order valence-electron chi connectivity index (χ3n) is 3.16. The van der Waals surface area contributed by atoms with Crippen LogP contribution in [0.1, 0.15) is 10.5 Å². The molecule has 6 heteroatoms. The SMILES string of the molecule is CN(C(=O)c1cc(Br)cn1C)[C@@H]1CNC[C@H]1O. The predicted octanol–water partition coefficient (Wildman–Crippen LogP) is 0.192. The van der Waals surface area contributed by atoms with Crippen molar-refractivity contribution in [2.45, 2.75) is 12.1 Å². The molecule has 0 spiro atoms. The summed E-state index contributed by atoms with van der Waals surface area (Å²) in [6.07, 6.45) is 1.34. The maximum absolute atomic E-state index is 12.3. The Labute approximate surface area is 109 Å². The molecule has 1 amide bonds. The minimum Gasteiger partial charge on any atom is -0.390 e. The van der Waals surface area contributed by atoms with Gasteiger partial charge in [0.15, 0.2) is 0 Å². The van der Waals surface area contributed by atoms with Crippen molar-refractivity contribution in [2.24, 2.45) is 7.05 Å². The summed E-state index contributed by atoms with van der Waals surface area (Å²) in [5, 5.41) is 12.8. The minimum atomic E-state index is -0.493. The molecule has 0 aliphatic carbocycles. The summed E-state index contributed by atoms with van der Waals surface area (Å²) in [5.74, 6) is -0.0778. The average molecular weight is 302 g/mol. The van der Waals surface area contributed by atoms with Crippen LogP contribution in [0.15, 0.2) is 16.7 Å². The molecule has 2 atom stereocenters. The Morgan fingerprint density at radius 1 is 1.65 bits per heavy atom. The van der Waals surface area contributed by atoms with Crippen molar-refractivity contribution >= 4 is 21.8 Å². The molecule has 94 valence electrons. The number of nitrogens with zero attached hydrogens (tertiary/aromatic N) is 2. The molecule has 1 fully saturated rings. The topological polar surface area (TPSA) is 57.5 Å².